The van der Waals surface area contributed by atoms with Crippen molar-refractivity contribution in [3.63, 3.8) is 0 Å². The molecule has 2 nitrogen and oxygen atoms in total. The van der Waals surface area contributed by atoms with Gasteiger partial charge in [0.05, 0.1) is 6.61 Å². The maximum Gasteiger partial charge on any atom is 0.126 e. The minimum Gasteiger partial charge on any atom is -0.508 e. The Morgan fingerprint density at radius 2 is 2.00 bits per heavy atom. The van der Waals surface area contributed by atoms with Gasteiger partial charge in [-0.3, -0.25) is 0 Å². The van der Waals surface area contributed by atoms with Crippen molar-refractivity contribution in [3.05, 3.63) is 23.3 Å². The van der Waals surface area contributed by atoms with Gasteiger partial charge in [-0.15, -0.1) is 0 Å². The van der Waals surface area contributed by atoms with Crippen LogP contribution in [0.25, 0.3) is 0 Å². The van der Waals surface area contributed by atoms with E-state index in [0.29, 0.717) is 18.3 Å². The molecule has 0 saturated carbocycles. The SMILES string of the molecule is CCOc1cc(C(C)CC)cc(O)c1C. The lowest BCUT2D eigenvalue weighted by Gasteiger charge is -2.14. The van der Waals surface area contributed by atoms with Crippen LogP contribution in [0.5, 0.6) is 11.5 Å². The van der Waals surface area contributed by atoms with Gasteiger partial charge in [0.15, 0.2) is 0 Å². The molecular weight excluding hydrogens is 188 g/mol. The molecule has 0 fully saturated rings. The van der Waals surface area contributed by atoms with Gasteiger partial charge in [-0.2, -0.15) is 0 Å². The molecule has 0 bridgehead atoms. The predicted octanol–water partition coefficient (Wildman–Crippen LogP) is 3.61. The van der Waals surface area contributed by atoms with Crippen LogP contribution in [0.4, 0.5) is 0 Å². The van der Waals surface area contributed by atoms with Crippen LogP contribution in [0.2, 0.25) is 0 Å². The summed E-state index contributed by atoms with van der Waals surface area (Å²) in [5.74, 6) is 1.58. The Kier molecular flexibility index (Phi) is 4.01. The first-order valence-electron chi connectivity index (χ1n) is 5.56. The van der Waals surface area contributed by atoms with Crippen LogP contribution in [-0.4, -0.2) is 11.7 Å². The highest BCUT2D eigenvalue weighted by atomic mass is 16.5. The normalized spacial score (nSPS) is 12.5. The van der Waals surface area contributed by atoms with Gasteiger partial charge in [-0.1, -0.05) is 13.8 Å². The summed E-state index contributed by atoms with van der Waals surface area (Å²) < 4.78 is 5.49. The highest BCUT2D eigenvalue weighted by molar-refractivity contribution is 5.47. The molecule has 0 spiro atoms. The van der Waals surface area contributed by atoms with Gasteiger partial charge in [0.25, 0.3) is 0 Å². The molecule has 1 unspecified atom stereocenters. The molecule has 1 aromatic rings. The van der Waals surface area contributed by atoms with E-state index in [-0.39, 0.29) is 0 Å². The quantitative estimate of drug-likeness (QED) is 0.819. The summed E-state index contributed by atoms with van der Waals surface area (Å²) in [4.78, 5) is 0. The van der Waals surface area contributed by atoms with Gasteiger partial charge in [-0.25, -0.2) is 0 Å². The fraction of sp³-hybridized carbons (Fsp3) is 0.538. The van der Waals surface area contributed by atoms with Crippen molar-refractivity contribution in [1.29, 1.82) is 0 Å². The lowest BCUT2D eigenvalue weighted by molar-refractivity contribution is 0.334. The van der Waals surface area contributed by atoms with E-state index in [2.05, 4.69) is 13.8 Å². The van der Waals surface area contributed by atoms with Gasteiger partial charge in [0, 0.05) is 5.56 Å². The highest BCUT2D eigenvalue weighted by Crippen LogP contribution is 2.32. The first-order chi connectivity index (χ1) is 7.10. The molecule has 1 aromatic carbocycles. The third-order valence-corrected chi connectivity index (χ3v) is 2.84. The topological polar surface area (TPSA) is 29.5 Å². The molecule has 1 N–H and O–H groups in total. The Morgan fingerprint density at radius 3 is 2.53 bits per heavy atom. The Hall–Kier alpha value is -1.18. The number of rotatable bonds is 4. The molecule has 0 aliphatic rings. The number of ether oxygens (including phenoxy) is 1. The summed E-state index contributed by atoms with van der Waals surface area (Å²) in [6, 6.07) is 3.87. The average Bonchev–Trinajstić information content (AvgIpc) is 2.23. The van der Waals surface area contributed by atoms with Crippen LogP contribution in [0.15, 0.2) is 12.1 Å². The van der Waals surface area contributed by atoms with Crippen LogP contribution in [0.3, 0.4) is 0 Å². The zero-order valence-corrected chi connectivity index (χ0v) is 10.0. The highest BCUT2D eigenvalue weighted by Gasteiger charge is 2.10. The summed E-state index contributed by atoms with van der Waals surface area (Å²) >= 11 is 0. The molecule has 1 atom stereocenters. The standard InChI is InChI=1S/C13H20O2/c1-5-9(3)11-7-12(14)10(4)13(8-11)15-6-2/h7-9,14H,5-6H2,1-4H3. The lowest BCUT2D eigenvalue weighted by atomic mass is 9.96. The fourth-order valence-electron chi connectivity index (χ4n) is 1.52. The molecule has 0 amide bonds. The Morgan fingerprint density at radius 1 is 1.33 bits per heavy atom. The molecule has 0 radical (unpaired) electrons. The minimum atomic E-state index is 0.330. The largest absolute Gasteiger partial charge is 0.508 e. The van der Waals surface area contributed by atoms with E-state index in [9.17, 15) is 5.11 Å². The minimum absolute atomic E-state index is 0.330. The maximum atomic E-state index is 9.77. The molecule has 15 heavy (non-hydrogen) atoms. The zero-order chi connectivity index (χ0) is 11.4. The summed E-state index contributed by atoms with van der Waals surface area (Å²) in [5.41, 5.74) is 1.97. The van der Waals surface area contributed by atoms with Gasteiger partial charge >= 0.3 is 0 Å². The molecule has 0 heterocycles. The Balaban J connectivity index is 3.11. The maximum absolute atomic E-state index is 9.77. The number of hydrogen-bond donors (Lipinski definition) is 1. The third-order valence-electron chi connectivity index (χ3n) is 2.84. The second-order valence-electron chi connectivity index (χ2n) is 3.91. The van der Waals surface area contributed by atoms with E-state index >= 15 is 0 Å². The molecule has 84 valence electrons. The molecule has 0 aliphatic carbocycles. The number of phenols is 1. The van der Waals surface area contributed by atoms with E-state index in [1.165, 1.54) is 0 Å². The van der Waals surface area contributed by atoms with Crippen molar-refractivity contribution in [2.75, 3.05) is 6.61 Å². The average molecular weight is 208 g/mol. The van der Waals surface area contributed by atoms with Crippen molar-refractivity contribution < 1.29 is 9.84 Å². The van der Waals surface area contributed by atoms with Crippen LogP contribution >= 0.6 is 0 Å². The van der Waals surface area contributed by atoms with E-state index < -0.39 is 0 Å². The van der Waals surface area contributed by atoms with Gasteiger partial charge < -0.3 is 9.84 Å². The zero-order valence-electron chi connectivity index (χ0n) is 10.0. The second kappa shape index (κ2) is 5.06. The molecule has 2 heteroatoms. The van der Waals surface area contributed by atoms with Gasteiger partial charge in [0.1, 0.15) is 11.5 Å². The Labute approximate surface area is 91.9 Å². The summed E-state index contributed by atoms with van der Waals surface area (Å²) in [5, 5.41) is 9.77. The van der Waals surface area contributed by atoms with Crippen molar-refractivity contribution >= 4 is 0 Å². The third kappa shape index (κ3) is 2.65. The van der Waals surface area contributed by atoms with Crippen molar-refractivity contribution in [1.82, 2.24) is 0 Å². The van der Waals surface area contributed by atoms with Crippen LogP contribution in [0.1, 0.15) is 44.2 Å². The van der Waals surface area contributed by atoms with Gasteiger partial charge in [0.2, 0.25) is 0 Å². The molecule has 1 rings (SSSR count). The molecule has 0 aliphatic heterocycles. The number of aromatic hydroxyl groups is 1. The first kappa shape index (κ1) is 11.9. The number of phenolic OH excluding ortho intramolecular Hbond substituents is 1. The van der Waals surface area contributed by atoms with E-state index in [4.69, 9.17) is 4.74 Å². The van der Waals surface area contributed by atoms with Gasteiger partial charge in [-0.05, 0) is 43.9 Å². The first-order valence-corrected chi connectivity index (χ1v) is 5.56. The Bertz CT molecular complexity index is 332. The summed E-state index contributed by atoms with van der Waals surface area (Å²) in [6.45, 7) is 8.75. The van der Waals surface area contributed by atoms with E-state index in [1.807, 2.05) is 26.0 Å². The van der Waals surface area contributed by atoms with Crippen molar-refractivity contribution in [2.24, 2.45) is 0 Å². The molecular formula is C13H20O2. The second-order valence-corrected chi connectivity index (χ2v) is 3.91. The monoisotopic (exact) mass is 208 g/mol. The van der Waals surface area contributed by atoms with Crippen LogP contribution in [0, 0.1) is 6.92 Å². The van der Waals surface area contributed by atoms with Crippen molar-refractivity contribution in [3.8, 4) is 11.5 Å². The number of hydrogen-bond acceptors (Lipinski definition) is 2. The van der Waals surface area contributed by atoms with E-state index in [1.54, 1.807) is 0 Å². The number of benzene rings is 1. The molecule has 0 aromatic heterocycles. The fourth-order valence-corrected chi connectivity index (χ4v) is 1.52. The lowest BCUT2D eigenvalue weighted by Crippen LogP contribution is -1.98. The summed E-state index contributed by atoms with van der Waals surface area (Å²) in [6.07, 6.45) is 1.06. The van der Waals surface area contributed by atoms with Crippen molar-refractivity contribution in [2.45, 2.75) is 40.0 Å². The summed E-state index contributed by atoms with van der Waals surface area (Å²) in [7, 11) is 0. The smallest absolute Gasteiger partial charge is 0.126 e. The van der Waals surface area contributed by atoms with Crippen LogP contribution in [-0.2, 0) is 0 Å². The predicted molar refractivity (Wildman–Crippen MR) is 62.7 cm³/mol. The van der Waals surface area contributed by atoms with E-state index in [0.717, 1.165) is 23.3 Å². The van der Waals surface area contributed by atoms with Crippen LogP contribution < -0.4 is 4.74 Å². The molecule has 0 saturated heterocycles.